The molecule has 1 aromatic carbocycles. The zero-order valence-electron chi connectivity index (χ0n) is 13.7. The highest BCUT2D eigenvalue weighted by atomic mass is 32.2. The zero-order chi connectivity index (χ0) is 17.7. The molecule has 0 saturated heterocycles. The van der Waals surface area contributed by atoms with E-state index in [2.05, 4.69) is 4.74 Å². The molecule has 0 N–H and O–H groups in total. The second kappa shape index (κ2) is 7.50. The summed E-state index contributed by atoms with van der Waals surface area (Å²) >= 11 is 0. The fourth-order valence-corrected chi connectivity index (χ4v) is 3.40. The number of ether oxygens (including phenoxy) is 2. The molecule has 24 heavy (non-hydrogen) atoms. The number of hydrogen-bond donors (Lipinski definition) is 0. The van der Waals surface area contributed by atoms with Gasteiger partial charge in [0.2, 0.25) is 6.79 Å². The minimum absolute atomic E-state index is 0.0904. The van der Waals surface area contributed by atoms with E-state index in [1.807, 2.05) is 6.92 Å². The van der Waals surface area contributed by atoms with Gasteiger partial charge in [-0.1, -0.05) is 17.7 Å². The highest BCUT2D eigenvalue weighted by Gasteiger charge is 2.21. The Balaban J connectivity index is 2.34. The highest BCUT2D eigenvalue weighted by Crippen LogP contribution is 2.19. The molecule has 7 nitrogen and oxygen atoms in total. The van der Waals surface area contributed by atoms with Gasteiger partial charge in [0.1, 0.15) is 0 Å². The van der Waals surface area contributed by atoms with Crippen molar-refractivity contribution in [1.29, 1.82) is 0 Å². The second-order valence-electron chi connectivity index (χ2n) is 5.15. The molecule has 0 atom stereocenters. The van der Waals surface area contributed by atoms with Gasteiger partial charge in [0.05, 0.1) is 35.2 Å². The van der Waals surface area contributed by atoms with Crippen LogP contribution >= 0.6 is 0 Å². The molecule has 0 aliphatic rings. The molecule has 0 bridgehead atoms. The van der Waals surface area contributed by atoms with Crippen LogP contribution in [0.1, 0.15) is 21.6 Å². The summed E-state index contributed by atoms with van der Waals surface area (Å²) in [5.74, 6) is -0.903. The molecular weight excluding hydrogens is 334 g/mol. The molecule has 2 rings (SSSR count). The maximum atomic E-state index is 12.6. The first kappa shape index (κ1) is 18.0. The van der Waals surface area contributed by atoms with Crippen LogP contribution in [-0.4, -0.2) is 40.1 Å². The van der Waals surface area contributed by atoms with E-state index in [1.54, 1.807) is 24.3 Å². The summed E-state index contributed by atoms with van der Waals surface area (Å²) < 4.78 is 35.8. The predicted octanol–water partition coefficient (Wildman–Crippen LogP) is 1.59. The van der Waals surface area contributed by atoms with Gasteiger partial charge in [-0.2, -0.15) is 4.73 Å². The zero-order valence-corrected chi connectivity index (χ0v) is 14.5. The highest BCUT2D eigenvalue weighted by molar-refractivity contribution is 7.90. The van der Waals surface area contributed by atoms with Crippen molar-refractivity contribution in [2.45, 2.75) is 17.6 Å². The summed E-state index contributed by atoms with van der Waals surface area (Å²) in [6.07, 6.45) is 1.37. The average Bonchev–Trinajstić information content (AvgIpc) is 2.94. The Labute approximate surface area is 140 Å². The molecule has 8 heteroatoms. The van der Waals surface area contributed by atoms with Gasteiger partial charge in [-0.3, -0.25) is 0 Å². The van der Waals surface area contributed by atoms with E-state index in [0.29, 0.717) is 5.69 Å². The Kier molecular flexibility index (Phi) is 5.63. The quantitative estimate of drug-likeness (QED) is 0.555. The molecule has 0 unspecified atom stereocenters. The molecule has 130 valence electrons. The Morgan fingerprint density at radius 2 is 1.83 bits per heavy atom. The summed E-state index contributed by atoms with van der Waals surface area (Å²) in [6, 6.07) is 7.98. The fourth-order valence-electron chi connectivity index (χ4n) is 2.08. The molecule has 0 aliphatic carbocycles. The molecular formula is C16H19NO6S. The van der Waals surface area contributed by atoms with Gasteiger partial charge in [0, 0.05) is 7.11 Å². The van der Waals surface area contributed by atoms with Gasteiger partial charge < -0.3 is 14.3 Å². The average molecular weight is 353 g/mol. The molecule has 0 aliphatic heterocycles. The molecule has 0 saturated carbocycles. The van der Waals surface area contributed by atoms with Crippen molar-refractivity contribution in [2.24, 2.45) is 0 Å². The smallest absolute Gasteiger partial charge is 0.339 e. The lowest BCUT2D eigenvalue weighted by atomic mass is 10.2. The minimum atomic E-state index is -3.59. The summed E-state index contributed by atoms with van der Waals surface area (Å²) in [5, 5.41) is 0. The van der Waals surface area contributed by atoms with E-state index < -0.39 is 15.8 Å². The normalized spacial score (nSPS) is 11.3. The maximum absolute atomic E-state index is 12.6. The van der Waals surface area contributed by atoms with Crippen LogP contribution in [0, 0.1) is 6.92 Å². The number of rotatable bonds is 7. The van der Waals surface area contributed by atoms with Gasteiger partial charge in [0.25, 0.3) is 0 Å². The summed E-state index contributed by atoms with van der Waals surface area (Å²) in [6.45, 7) is 1.79. The number of esters is 1. The van der Waals surface area contributed by atoms with Gasteiger partial charge in [-0.15, -0.1) is 0 Å². The fraction of sp³-hybridized carbons (Fsp3) is 0.312. The van der Waals surface area contributed by atoms with Crippen molar-refractivity contribution < 1.29 is 27.5 Å². The third kappa shape index (κ3) is 4.15. The van der Waals surface area contributed by atoms with Crippen molar-refractivity contribution in [2.75, 3.05) is 21.0 Å². The summed E-state index contributed by atoms with van der Waals surface area (Å²) in [4.78, 5) is 17.1. The maximum Gasteiger partial charge on any atom is 0.339 e. The van der Waals surface area contributed by atoms with Gasteiger partial charge in [-0.25, -0.2) is 13.2 Å². The van der Waals surface area contributed by atoms with Crippen molar-refractivity contribution in [3.05, 3.63) is 53.3 Å². The molecule has 2 aromatic rings. The van der Waals surface area contributed by atoms with Crippen molar-refractivity contribution in [3.8, 4) is 0 Å². The Bertz CT molecular complexity index is 808. The van der Waals surface area contributed by atoms with Crippen LogP contribution in [0.5, 0.6) is 0 Å². The Hall–Kier alpha value is -2.32. The molecule has 1 heterocycles. The van der Waals surface area contributed by atoms with Crippen LogP contribution in [0.25, 0.3) is 0 Å². The number of methoxy groups -OCH3 is 2. The van der Waals surface area contributed by atoms with Crippen molar-refractivity contribution in [3.63, 3.8) is 0 Å². The SMILES string of the molecule is COCOn1cc(C(=O)OC)cc1CS(=O)(=O)c1ccc(C)cc1. The number of benzene rings is 1. The van der Waals surface area contributed by atoms with Crippen LogP contribution in [0.3, 0.4) is 0 Å². The first-order chi connectivity index (χ1) is 11.4. The van der Waals surface area contributed by atoms with Crippen LogP contribution < -0.4 is 4.84 Å². The number of aryl methyl sites for hydroxylation is 1. The van der Waals surface area contributed by atoms with Crippen LogP contribution in [0.4, 0.5) is 0 Å². The van der Waals surface area contributed by atoms with Gasteiger partial charge in [0.15, 0.2) is 9.84 Å². The van der Waals surface area contributed by atoms with E-state index in [1.165, 1.54) is 31.2 Å². The number of carbonyl (C=O) groups excluding carboxylic acids is 1. The predicted molar refractivity (Wildman–Crippen MR) is 86.3 cm³/mol. The molecule has 0 fully saturated rings. The molecule has 0 radical (unpaired) electrons. The summed E-state index contributed by atoms with van der Waals surface area (Å²) in [5.41, 5.74) is 1.46. The monoisotopic (exact) mass is 353 g/mol. The number of sulfone groups is 1. The van der Waals surface area contributed by atoms with Crippen LogP contribution in [0.15, 0.2) is 41.4 Å². The van der Waals surface area contributed by atoms with E-state index >= 15 is 0 Å². The summed E-state index contributed by atoms with van der Waals surface area (Å²) in [7, 11) is -0.904. The van der Waals surface area contributed by atoms with E-state index in [0.717, 1.165) is 5.56 Å². The lowest BCUT2D eigenvalue weighted by molar-refractivity contribution is -0.0400. The number of nitrogens with zero attached hydrogens (tertiary/aromatic N) is 1. The third-order valence-electron chi connectivity index (χ3n) is 3.31. The van der Waals surface area contributed by atoms with E-state index in [4.69, 9.17) is 9.57 Å². The van der Waals surface area contributed by atoms with E-state index in [9.17, 15) is 13.2 Å². The van der Waals surface area contributed by atoms with Gasteiger partial charge in [-0.05, 0) is 25.1 Å². The molecule has 0 amide bonds. The Morgan fingerprint density at radius 1 is 1.17 bits per heavy atom. The largest absolute Gasteiger partial charge is 0.465 e. The number of carbonyl (C=O) groups is 1. The topological polar surface area (TPSA) is 83.8 Å². The molecule has 0 spiro atoms. The number of hydrogen-bond acceptors (Lipinski definition) is 6. The lowest BCUT2D eigenvalue weighted by Gasteiger charge is -2.10. The van der Waals surface area contributed by atoms with Gasteiger partial charge >= 0.3 is 5.97 Å². The van der Waals surface area contributed by atoms with Crippen LogP contribution in [0.2, 0.25) is 0 Å². The number of aromatic nitrogens is 1. The Morgan fingerprint density at radius 3 is 2.42 bits per heavy atom. The minimum Gasteiger partial charge on any atom is -0.465 e. The standard InChI is InChI=1S/C16H19NO6S/c1-12-4-6-15(7-5-12)24(19,20)10-14-8-13(16(18)22-3)9-17(14)23-11-21-2/h4-9H,10-11H2,1-3H3. The van der Waals surface area contributed by atoms with Crippen molar-refractivity contribution in [1.82, 2.24) is 4.73 Å². The third-order valence-corrected chi connectivity index (χ3v) is 4.98. The van der Waals surface area contributed by atoms with Crippen LogP contribution in [-0.2, 0) is 25.1 Å². The first-order valence-electron chi connectivity index (χ1n) is 7.08. The first-order valence-corrected chi connectivity index (χ1v) is 8.74. The van der Waals surface area contributed by atoms with Crippen molar-refractivity contribution >= 4 is 15.8 Å². The lowest BCUT2D eigenvalue weighted by Crippen LogP contribution is -2.18. The second-order valence-corrected chi connectivity index (χ2v) is 7.13. The molecule has 1 aromatic heterocycles. The van der Waals surface area contributed by atoms with E-state index in [-0.39, 0.29) is 23.0 Å².